The maximum atomic E-state index is 13.3. The Morgan fingerprint density at radius 3 is 3.05 bits per heavy atom. The monoisotopic (exact) mass is 342 g/mol. The predicted molar refractivity (Wildman–Crippen MR) is 91.7 cm³/mol. The fourth-order valence-electron chi connectivity index (χ4n) is 2.84. The number of nitrogens with one attached hydrogen (secondary N) is 2. The minimum atomic E-state index is -0.260. The van der Waals surface area contributed by atoms with Crippen LogP contribution in [0.25, 0.3) is 10.1 Å². The van der Waals surface area contributed by atoms with E-state index < -0.39 is 0 Å². The molecule has 22 heavy (non-hydrogen) atoms. The van der Waals surface area contributed by atoms with Crippen LogP contribution in [0.1, 0.15) is 28.1 Å². The molecular formula is C16H20ClFN2OS. The number of aryl methyl sites for hydroxylation is 1. The second-order valence-corrected chi connectivity index (χ2v) is 6.65. The Balaban J connectivity index is 0.00000176. The molecule has 120 valence electrons. The largest absolute Gasteiger partial charge is 0.351 e. The van der Waals surface area contributed by atoms with Crippen molar-refractivity contribution in [3.05, 3.63) is 34.5 Å². The number of hydrogen-bond acceptors (Lipinski definition) is 3. The number of carbonyl (C=O) groups is 1. The molecule has 1 unspecified atom stereocenters. The minimum Gasteiger partial charge on any atom is -0.351 e. The number of thiophene rings is 1. The van der Waals surface area contributed by atoms with Crippen LogP contribution in [0.15, 0.2) is 18.2 Å². The van der Waals surface area contributed by atoms with E-state index in [0.717, 1.165) is 35.2 Å². The van der Waals surface area contributed by atoms with Gasteiger partial charge in [0.2, 0.25) is 0 Å². The molecule has 2 aromatic rings. The van der Waals surface area contributed by atoms with Crippen molar-refractivity contribution >= 4 is 39.7 Å². The smallest absolute Gasteiger partial charge is 0.261 e. The zero-order valence-electron chi connectivity index (χ0n) is 12.4. The molecule has 3 nitrogen and oxygen atoms in total. The van der Waals surface area contributed by atoms with Gasteiger partial charge in [-0.25, -0.2) is 4.39 Å². The van der Waals surface area contributed by atoms with E-state index >= 15 is 0 Å². The Morgan fingerprint density at radius 1 is 1.50 bits per heavy atom. The zero-order chi connectivity index (χ0) is 14.8. The minimum absolute atomic E-state index is 0. The van der Waals surface area contributed by atoms with Gasteiger partial charge in [-0.15, -0.1) is 23.7 Å². The highest BCUT2D eigenvalue weighted by molar-refractivity contribution is 7.21. The van der Waals surface area contributed by atoms with E-state index in [1.54, 1.807) is 6.07 Å². The van der Waals surface area contributed by atoms with Crippen LogP contribution in [0, 0.1) is 18.7 Å². The molecule has 0 aliphatic carbocycles. The topological polar surface area (TPSA) is 41.1 Å². The van der Waals surface area contributed by atoms with Crippen molar-refractivity contribution in [3.63, 3.8) is 0 Å². The Kier molecular flexibility index (Phi) is 5.78. The van der Waals surface area contributed by atoms with E-state index in [1.807, 2.05) is 6.92 Å². The standard InChI is InChI=1S/C16H19FN2OS.ClH/c1-10-13-8-12(17)2-3-14(13)21-15(10)16(20)19-7-5-11-4-6-18-9-11;/h2-3,8,11,18H,4-7,9H2,1H3,(H,19,20);1H. The van der Waals surface area contributed by atoms with Gasteiger partial charge in [0.15, 0.2) is 0 Å². The molecule has 1 aromatic heterocycles. The van der Waals surface area contributed by atoms with Gasteiger partial charge in [-0.2, -0.15) is 0 Å². The van der Waals surface area contributed by atoms with E-state index in [9.17, 15) is 9.18 Å². The first-order chi connectivity index (χ1) is 10.1. The molecule has 0 spiro atoms. The quantitative estimate of drug-likeness (QED) is 0.892. The number of benzene rings is 1. The number of carbonyl (C=O) groups excluding carboxylic acids is 1. The normalized spacial score (nSPS) is 17.5. The second-order valence-electron chi connectivity index (χ2n) is 5.60. The molecule has 0 saturated carbocycles. The summed E-state index contributed by atoms with van der Waals surface area (Å²) >= 11 is 1.43. The molecule has 6 heteroatoms. The lowest BCUT2D eigenvalue weighted by atomic mass is 10.1. The van der Waals surface area contributed by atoms with Gasteiger partial charge in [0, 0.05) is 11.2 Å². The first kappa shape index (κ1) is 17.2. The van der Waals surface area contributed by atoms with Gasteiger partial charge < -0.3 is 10.6 Å². The molecule has 0 radical (unpaired) electrons. The van der Waals surface area contributed by atoms with E-state index in [1.165, 1.54) is 29.9 Å². The van der Waals surface area contributed by atoms with Gasteiger partial charge in [-0.3, -0.25) is 4.79 Å². The van der Waals surface area contributed by atoms with Crippen molar-refractivity contribution in [2.24, 2.45) is 5.92 Å². The summed E-state index contributed by atoms with van der Waals surface area (Å²) in [5, 5.41) is 7.16. The number of hydrogen-bond donors (Lipinski definition) is 2. The lowest BCUT2D eigenvalue weighted by Gasteiger charge is -2.09. The maximum Gasteiger partial charge on any atom is 0.261 e. The van der Waals surface area contributed by atoms with Gasteiger partial charge in [0.1, 0.15) is 5.82 Å². The summed E-state index contributed by atoms with van der Waals surface area (Å²) in [6.45, 7) is 4.72. The highest BCUT2D eigenvalue weighted by Crippen LogP contribution is 2.31. The summed E-state index contributed by atoms with van der Waals surface area (Å²) in [6, 6.07) is 4.68. The molecule has 1 amide bonds. The van der Waals surface area contributed by atoms with Crippen LogP contribution in [-0.4, -0.2) is 25.5 Å². The molecule has 2 N–H and O–H groups in total. The van der Waals surface area contributed by atoms with Crippen LogP contribution >= 0.6 is 23.7 Å². The highest BCUT2D eigenvalue weighted by atomic mass is 35.5. The van der Waals surface area contributed by atoms with Gasteiger partial charge in [-0.05, 0) is 67.9 Å². The average molecular weight is 343 g/mol. The summed E-state index contributed by atoms with van der Waals surface area (Å²) in [4.78, 5) is 13.0. The molecule has 1 aliphatic heterocycles. The molecule has 2 heterocycles. The third-order valence-electron chi connectivity index (χ3n) is 4.10. The van der Waals surface area contributed by atoms with Crippen molar-refractivity contribution in [2.45, 2.75) is 19.8 Å². The predicted octanol–water partition coefficient (Wildman–Crippen LogP) is 3.50. The second kappa shape index (κ2) is 7.40. The Bertz CT molecular complexity index is 667. The van der Waals surface area contributed by atoms with Crippen molar-refractivity contribution in [3.8, 4) is 0 Å². The fraction of sp³-hybridized carbons (Fsp3) is 0.438. The van der Waals surface area contributed by atoms with Crippen LogP contribution < -0.4 is 10.6 Å². The van der Waals surface area contributed by atoms with Crippen molar-refractivity contribution < 1.29 is 9.18 Å². The van der Waals surface area contributed by atoms with E-state index in [2.05, 4.69) is 10.6 Å². The fourth-order valence-corrected chi connectivity index (χ4v) is 3.95. The molecule has 1 saturated heterocycles. The summed E-state index contributed by atoms with van der Waals surface area (Å²) in [5.74, 6) is 0.368. The van der Waals surface area contributed by atoms with E-state index in [0.29, 0.717) is 17.3 Å². The van der Waals surface area contributed by atoms with E-state index in [-0.39, 0.29) is 24.1 Å². The van der Waals surface area contributed by atoms with Crippen molar-refractivity contribution in [2.75, 3.05) is 19.6 Å². The highest BCUT2D eigenvalue weighted by Gasteiger charge is 2.17. The number of halogens is 2. The van der Waals surface area contributed by atoms with Crippen LogP contribution in [-0.2, 0) is 0 Å². The maximum absolute atomic E-state index is 13.3. The SMILES string of the molecule is Cc1c(C(=O)NCCC2CCNC2)sc2ccc(F)cc12.Cl. The van der Waals surface area contributed by atoms with Crippen molar-refractivity contribution in [1.82, 2.24) is 10.6 Å². The third kappa shape index (κ3) is 3.59. The molecular weight excluding hydrogens is 323 g/mol. The van der Waals surface area contributed by atoms with E-state index in [4.69, 9.17) is 0 Å². The number of rotatable bonds is 4. The molecule has 1 aromatic carbocycles. The molecule has 1 aliphatic rings. The Hall–Kier alpha value is -1.17. The third-order valence-corrected chi connectivity index (χ3v) is 5.38. The van der Waals surface area contributed by atoms with Gasteiger partial charge in [-0.1, -0.05) is 0 Å². The first-order valence-corrected chi connectivity index (χ1v) is 8.14. The van der Waals surface area contributed by atoms with Crippen LogP contribution in [0.4, 0.5) is 4.39 Å². The zero-order valence-corrected chi connectivity index (χ0v) is 14.1. The Morgan fingerprint density at radius 2 is 2.32 bits per heavy atom. The molecule has 3 rings (SSSR count). The van der Waals surface area contributed by atoms with Gasteiger partial charge in [0.25, 0.3) is 5.91 Å². The summed E-state index contributed by atoms with van der Waals surface area (Å²) in [5.41, 5.74) is 0.870. The number of amides is 1. The van der Waals surface area contributed by atoms with Crippen molar-refractivity contribution in [1.29, 1.82) is 0 Å². The Labute approximate surface area is 139 Å². The lowest BCUT2D eigenvalue weighted by molar-refractivity contribution is 0.0955. The molecule has 1 atom stereocenters. The summed E-state index contributed by atoms with van der Waals surface area (Å²) in [6.07, 6.45) is 2.20. The van der Waals surface area contributed by atoms with Gasteiger partial charge in [0.05, 0.1) is 4.88 Å². The molecule has 1 fully saturated rings. The summed E-state index contributed by atoms with van der Waals surface area (Å²) in [7, 11) is 0. The van der Waals surface area contributed by atoms with Crippen LogP contribution in [0.5, 0.6) is 0 Å². The van der Waals surface area contributed by atoms with Crippen LogP contribution in [0.3, 0.4) is 0 Å². The lowest BCUT2D eigenvalue weighted by Crippen LogP contribution is -2.26. The van der Waals surface area contributed by atoms with Gasteiger partial charge >= 0.3 is 0 Å². The first-order valence-electron chi connectivity index (χ1n) is 7.32. The molecule has 0 bridgehead atoms. The number of fused-ring (bicyclic) bond motifs is 1. The summed E-state index contributed by atoms with van der Waals surface area (Å²) < 4.78 is 14.3. The van der Waals surface area contributed by atoms with Crippen LogP contribution in [0.2, 0.25) is 0 Å². The average Bonchev–Trinajstić information content (AvgIpc) is 3.08.